The number of hydrogen-bond donors (Lipinski definition) is 0. The van der Waals surface area contributed by atoms with Crippen LogP contribution in [0.2, 0.25) is 5.15 Å². The number of halogens is 1. The number of imidazole rings is 1. The number of nitrogens with zero attached hydrogens (tertiary/aromatic N) is 4. The van der Waals surface area contributed by atoms with Crippen LogP contribution in [0.1, 0.15) is 11.5 Å². The van der Waals surface area contributed by atoms with Gasteiger partial charge in [-0.2, -0.15) is 0 Å². The Bertz CT molecular complexity index is 552. The van der Waals surface area contributed by atoms with Crippen LogP contribution in [0.15, 0.2) is 23.3 Å². The number of aromatic nitrogens is 4. The molecule has 0 aliphatic rings. The molecule has 2 aromatic heterocycles. The van der Waals surface area contributed by atoms with Crippen molar-refractivity contribution in [1.82, 2.24) is 19.1 Å². The van der Waals surface area contributed by atoms with Crippen molar-refractivity contribution in [3.8, 4) is 0 Å². The standard InChI is InChI=1S/C10H11ClN4O/c1-7-5-8(11)13-9(12-7)6-15-4-3-14(2)10(15)16/h3-5H,6H2,1-2H3. The van der Waals surface area contributed by atoms with Crippen molar-refractivity contribution in [2.45, 2.75) is 13.5 Å². The highest BCUT2D eigenvalue weighted by Gasteiger charge is 2.04. The third-order valence-corrected chi connectivity index (χ3v) is 2.39. The van der Waals surface area contributed by atoms with E-state index in [1.54, 1.807) is 25.5 Å². The van der Waals surface area contributed by atoms with Gasteiger partial charge in [0, 0.05) is 25.1 Å². The summed E-state index contributed by atoms with van der Waals surface area (Å²) < 4.78 is 3.03. The molecule has 0 saturated carbocycles. The maximum Gasteiger partial charge on any atom is 0.328 e. The van der Waals surface area contributed by atoms with Crippen LogP contribution in [0.25, 0.3) is 0 Å². The first-order valence-corrected chi connectivity index (χ1v) is 5.16. The largest absolute Gasteiger partial charge is 0.328 e. The van der Waals surface area contributed by atoms with E-state index in [-0.39, 0.29) is 5.69 Å². The molecule has 0 aliphatic carbocycles. The van der Waals surface area contributed by atoms with Gasteiger partial charge in [0.05, 0.1) is 6.54 Å². The van der Waals surface area contributed by atoms with Crippen LogP contribution in [-0.2, 0) is 13.6 Å². The summed E-state index contributed by atoms with van der Waals surface area (Å²) in [5.74, 6) is 0.540. The van der Waals surface area contributed by atoms with Gasteiger partial charge < -0.3 is 4.57 Å². The Kier molecular flexibility index (Phi) is 2.78. The lowest BCUT2D eigenvalue weighted by molar-refractivity contribution is 0.685. The Hall–Kier alpha value is -1.62. The highest BCUT2D eigenvalue weighted by atomic mass is 35.5. The molecule has 2 aromatic rings. The fourth-order valence-electron chi connectivity index (χ4n) is 1.44. The van der Waals surface area contributed by atoms with Gasteiger partial charge in [-0.1, -0.05) is 11.6 Å². The smallest absolute Gasteiger partial charge is 0.302 e. The molecule has 0 N–H and O–H groups in total. The summed E-state index contributed by atoms with van der Waals surface area (Å²) in [5.41, 5.74) is 0.695. The van der Waals surface area contributed by atoms with Crippen LogP contribution in [0.3, 0.4) is 0 Å². The van der Waals surface area contributed by atoms with Crippen LogP contribution < -0.4 is 5.69 Å². The minimum atomic E-state index is -0.0961. The van der Waals surface area contributed by atoms with E-state index in [0.717, 1.165) is 5.69 Å². The molecular formula is C10H11ClN4O. The van der Waals surface area contributed by atoms with Gasteiger partial charge in [0.2, 0.25) is 0 Å². The molecule has 0 atom stereocenters. The van der Waals surface area contributed by atoms with Crippen LogP contribution in [0, 0.1) is 6.92 Å². The molecule has 5 nitrogen and oxygen atoms in total. The van der Waals surface area contributed by atoms with Crippen LogP contribution in [0.4, 0.5) is 0 Å². The van der Waals surface area contributed by atoms with Crippen LogP contribution in [-0.4, -0.2) is 19.1 Å². The summed E-state index contributed by atoms with van der Waals surface area (Å²) in [6.45, 7) is 2.17. The van der Waals surface area contributed by atoms with Crippen LogP contribution in [0.5, 0.6) is 0 Å². The minimum Gasteiger partial charge on any atom is -0.302 e. The lowest BCUT2D eigenvalue weighted by atomic mass is 10.4. The molecular weight excluding hydrogens is 228 g/mol. The summed E-state index contributed by atoms with van der Waals surface area (Å²) in [4.78, 5) is 19.9. The lowest BCUT2D eigenvalue weighted by Gasteiger charge is -2.02. The normalized spacial score (nSPS) is 10.7. The van der Waals surface area contributed by atoms with Gasteiger partial charge in [-0.15, -0.1) is 0 Å². The van der Waals surface area contributed by atoms with E-state index >= 15 is 0 Å². The molecule has 0 bridgehead atoms. The van der Waals surface area contributed by atoms with Crippen molar-refractivity contribution in [2.24, 2.45) is 7.05 Å². The van der Waals surface area contributed by atoms with Crippen molar-refractivity contribution in [2.75, 3.05) is 0 Å². The van der Waals surface area contributed by atoms with Gasteiger partial charge in [-0.3, -0.25) is 4.57 Å². The first-order valence-electron chi connectivity index (χ1n) is 4.78. The predicted octanol–water partition coefficient (Wildman–Crippen LogP) is 0.987. The van der Waals surface area contributed by atoms with Gasteiger partial charge in [0.25, 0.3) is 0 Å². The van der Waals surface area contributed by atoms with E-state index in [9.17, 15) is 4.79 Å². The topological polar surface area (TPSA) is 52.7 Å². The molecule has 2 rings (SSSR count). The van der Waals surface area contributed by atoms with Crippen molar-refractivity contribution < 1.29 is 0 Å². The Morgan fingerprint density at radius 2 is 2.12 bits per heavy atom. The summed E-state index contributed by atoms with van der Waals surface area (Å²) in [6, 6.07) is 1.68. The minimum absolute atomic E-state index is 0.0961. The highest BCUT2D eigenvalue weighted by molar-refractivity contribution is 6.29. The second kappa shape index (κ2) is 4.09. The SMILES string of the molecule is Cc1cc(Cl)nc(Cn2ccn(C)c2=O)n1. The van der Waals surface area contributed by atoms with Crippen molar-refractivity contribution in [3.05, 3.63) is 45.6 Å². The first-order chi connectivity index (χ1) is 7.56. The van der Waals surface area contributed by atoms with E-state index < -0.39 is 0 Å². The summed E-state index contributed by atoms with van der Waals surface area (Å²) in [7, 11) is 1.70. The molecule has 0 aromatic carbocycles. The zero-order valence-corrected chi connectivity index (χ0v) is 9.77. The van der Waals surface area contributed by atoms with E-state index in [0.29, 0.717) is 17.5 Å². The maximum atomic E-state index is 11.6. The molecule has 0 fully saturated rings. The Labute approximate surface area is 97.3 Å². The van der Waals surface area contributed by atoms with Crippen molar-refractivity contribution in [1.29, 1.82) is 0 Å². The first kappa shape index (κ1) is 10.9. The third kappa shape index (κ3) is 2.14. The number of rotatable bonds is 2. The van der Waals surface area contributed by atoms with E-state index in [1.807, 2.05) is 6.92 Å². The fourth-order valence-corrected chi connectivity index (χ4v) is 1.70. The predicted molar refractivity (Wildman–Crippen MR) is 60.6 cm³/mol. The fraction of sp³-hybridized carbons (Fsp3) is 0.300. The number of aryl methyl sites for hydroxylation is 2. The van der Waals surface area contributed by atoms with Gasteiger partial charge in [0.1, 0.15) is 11.0 Å². The quantitative estimate of drug-likeness (QED) is 0.733. The molecule has 6 heteroatoms. The molecule has 0 spiro atoms. The van der Waals surface area contributed by atoms with Gasteiger partial charge >= 0.3 is 5.69 Å². The molecule has 16 heavy (non-hydrogen) atoms. The molecule has 84 valence electrons. The summed E-state index contributed by atoms with van der Waals surface area (Å²) >= 11 is 5.82. The second-order valence-corrected chi connectivity index (χ2v) is 3.96. The molecule has 0 amide bonds. The lowest BCUT2D eigenvalue weighted by Crippen LogP contribution is -2.23. The molecule has 0 unspecified atom stereocenters. The molecule has 0 aliphatic heterocycles. The van der Waals surface area contributed by atoms with Crippen molar-refractivity contribution in [3.63, 3.8) is 0 Å². The molecule has 0 radical (unpaired) electrons. The average molecular weight is 239 g/mol. The molecule has 0 saturated heterocycles. The second-order valence-electron chi connectivity index (χ2n) is 3.57. The zero-order chi connectivity index (χ0) is 11.7. The van der Waals surface area contributed by atoms with Gasteiger partial charge in [-0.05, 0) is 13.0 Å². The Morgan fingerprint density at radius 1 is 1.38 bits per heavy atom. The summed E-state index contributed by atoms with van der Waals surface area (Å²) in [5, 5.41) is 0.395. The Morgan fingerprint density at radius 3 is 2.69 bits per heavy atom. The highest BCUT2D eigenvalue weighted by Crippen LogP contribution is 2.06. The Balaban J connectivity index is 2.34. The van der Waals surface area contributed by atoms with Crippen LogP contribution >= 0.6 is 11.6 Å². The van der Waals surface area contributed by atoms with Crippen molar-refractivity contribution >= 4 is 11.6 Å². The molecule has 2 heterocycles. The third-order valence-electron chi connectivity index (χ3n) is 2.20. The monoisotopic (exact) mass is 238 g/mol. The zero-order valence-electron chi connectivity index (χ0n) is 9.01. The van der Waals surface area contributed by atoms with Gasteiger partial charge in [-0.25, -0.2) is 14.8 Å². The van der Waals surface area contributed by atoms with Gasteiger partial charge in [0.15, 0.2) is 0 Å². The number of hydrogen-bond acceptors (Lipinski definition) is 3. The maximum absolute atomic E-state index is 11.6. The summed E-state index contributed by atoms with van der Waals surface area (Å²) in [6.07, 6.45) is 3.39. The average Bonchev–Trinajstić information content (AvgIpc) is 2.48. The van der Waals surface area contributed by atoms with E-state index in [2.05, 4.69) is 9.97 Å². The van der Waals surface area contributed by atoms with E-state index in [1.165, 1.54) is 9.13 Å². The van der Waals surface area contributed by atoms with E-state index in [4.69, 9.17) is 11.6 Å².